The van der Waals surface area contributed by atoms with E-state index in [1.165, 1.54) is 23.7 Å². The molecule has 0 aliphatic carbocycles. The summed E-state index contributed by atoms with van der Waals surface area (Å²) in [5, 5.41) is 0. The summed E-state index contributed by atoms with van der Waals surface area (Å²) in [6, 6.07) is 9.75. The van der Waals surface area contributed by atoms with E-state index in [1.54, 1.807) is 39.1 Å². The van der Waals surface area contributed by atoms with Crippen molar-refractivity contribution in [1.82, 2.24) is 4.57 Å². The molecule has 0 fully saturated rings. The molecule has 0 radical (unpaired) electrons. The Morgan fingerprint density at radius 1 is 1.13 bits per heavy atom. The van der Waals surface area contributed by atoms with Crippen molar-refractivity contribution in [3.8, 4) is 11.5 Å². The van der Waals surface area contributed by atoms with Crippen molar-refractivity contribution in [1.29, 1.82) is 0 Å². The Kier molecular flexibility index (Phi) is 6.74. The molecular weight excluding hydrogens is 574 g/mol. The summed E-state index contributed by atoms with van der Waals surface area (Å²) in [6.07, 6.45) is 0. The summed E-state index contributed by atoms with van der Waals surface area (Å²) < 4.78 is 18.9. The second-order valence-corrected chi connectivity index (χ2v) is 10.5. The molecule has 1 aromatic heterocycles. The highest BCUT2D eigenvalue weighted by Crippen LogP contribution is 2.39. The maximum atomic E-state index is 14.2. The second-order valence-electron chi connectivity index (χ2n) is 8.63. The molecule has 2 aliphatic heterocycles. The van der Waals surface area contributed by atoms with Gasteiger partial charge in [-0.15, -0.1) is 0 Å². The molecule has 0 saturated heterocycles. The minimum atomic E-state index is -0.916. The summed E-state index contributed by atoms with van der Waals surface area (Å²) in [7, 11) is 4.72. The lowest BCUT2D eigenvalue weighted by atomic mass is 9.94. The number of allylic oxidation sites excluding steroid dienone is 1. The van der Waals surface area contributed by atoms with Crippen molar-refractivity contribution >= 4 is 50.4 Å². The number of ether oxygens (including phenoxy) is 3. The number of hydrogen-bond donors (Lipinski definition) is 0. The molecule has 0 spiro atoms. The number of esters is 1. The second kappa shape index (κ2) is 9.88. The number of fused-ring (bicyclic) bond motifs is 2. The quantitative estimate of drug-likeness (QED) is 0.419. The number of aromatic nitrogens is 1. The van der Waals surface area contributed by atoms with E-state index < -0.39 is 17.6 Å². The molecule has 2 aliphatic rings. The Morgan fingerprint density at radius 3 is 2.58 bits per heavy atom. The molecule has 0 N–H and O–H groups in total. The molecule has 1 atom stereocenters. The molecule has 0 unspecified atom stereocenters. The number of amides is 1. The van der Waals surface area contributed by atoms with Crippen LogP contribution in [0.4, 0.5) is 5.69 Å². The summed E-state index contributed by atoms with van der Waals surface area (Å²) in [4.78, 5) is 47.3. The molecule has 2 aromatic carbocycles. The molecule has 196 valence electrons. The third-order valence-electron chi connectivity index (χ3n) is 6.56. The van der Waals surface area contributed by atoms with Crippen LogP contribution in [0.15, 0.2) is 61.9 Å². The summed E-state index contributed by atoms with van der Waals surface area (Å²) >= 11 is 4.58. The SMILES string of the molecule is CCOC(=O)C1=C(C)N=c2s/c(=C3\C(=O)N(C)c4ccc(Br)cc43)c(=O)n2[C@@H]1c1cc(OC)ccc1OC. The third-order valence-corrected chi connectivity index (χ3v) is 8.11. The van der Waals surface area contributed by atoms with Crippen LogP contribution in [0.3, 0.4) is 0 Å². The Balaban J connectivity index is 1.87. The van der Waals surface area contributed by atoms with Crippen molar-refractivity contribution in [2.45, 2.75) is 19.9 Å². The predicted octanol–water partition coefficient (Wildman–Crippen LogP) is 2.92. The van der Waals surface area contributed by atoms with Crippen LogP contribution in [0, 0.1) is 0 Å². The van der Waals surface area contributed by atoms with Crippen molar-refractivity contribution in [2.24, 2.45) is 4.99 Å². The Morgan fingerprint density at radius 2 is 1.89 bits per heavy atom. The van der Waals surface area contributed by atoms with E-state index in [9.17, 15) is 14.4 Å². The zero-order valence-electron chi connectivity index (χ0n) is 21.3. The fourth-order valence-electron chi connectivity index (χ4n) is 4.80. The number of anilines is 1. The number of nitrogens with zero attached hydrogens (tertiary/aromatic N) is 3. The van der Waals surface area contributed by atoms with Crippen LogP contribution in [-0.4, -0.2) is 44.3 Å². The van der Waals surface area contributed by atoms with Crippen LogP contribution >= 0.6 is 27.3 Å². The highest BCUT2D eigenvalue weighted by atomic mass is 79.9. The molecule has 11 heteroatoms. The average molecular weight is 598 g/mol. The number of methoxy groups -OCH3 is 2. The van der Waals surface area contributed by atoms with E-state index in [2.05, 4.69) is 20.9 Å². The number of carbonyl (C=O) groups is 2. The largest absolute Gasteiger partial charge is 0.497 e. The molecule has 5 rings (SSSR count). The molecule has 38 heavy (non-hydrogen) atoms. The molecular formula is C27H24BrN3O6S. The van der Waals surface area contributed by atoms with E-state index >= 15 is 0 Å². The summed E-state index contributed by atoms with van der Waals surface area (Å²) in [5.41, 5.74) is 2.35. The minimum absolute atomic E-state index is 0.151. The summed E-state index contributed by atoms with van der Waals surface area (Å²) in [6.45, 7) is 3.57. The molecule has 0 saturated carbocycles. The number of hydrogen-bond acceptors (Lipinski definition) is 8. The van der Waals surface area contributed by atoms with Gasteiger partial charge in [-0.05, 0) is 50.2 Å². The van der Waals surface area contributed by atoms with E-state index in [4.69, 9.17) is 14.2 Å². The molecule has 3 aromatic rings. The first-order chi connectivity index (χ1) is 18.2. The molecule has 3 heterocycles. The van der Waals surface area contributed by atoms with Crippen LogP contribution in [0.1, 0.15) is 31.0 Å². The van der Waals surface area contributed by atoms with Gasteiger partial charge >= 0.3 is 5.97 Å². The van der Waals surface area contributed by atoms with Gasteiger partial charge in [0.05, 0.1) is 43.4 Å². The maximum absolute atomic E-state index is 14.2. The molecule has 9 nitrogen and oxygen atoms in total. The summed E-state index contributed by atoms with van der Waals surface area (Å²) in [5.74, 6) is 0.0965. The number of carbonyl (C=O) groups excluding carboxylic acids is 2. The van der Waals surface area contributed by atoms with E-state index in [0.29, 0.717) is 44.4 Å². The lowest BCUT2D eigenvalue weighted by molar-refractivity contribution is -0.139. The number of benzene rings is 2. The number of rotatable bonds is 5. The normalized spacial score (nSPS) is 17.7. The minimum Gasteiger partial charge on any atom is -0.497 e. The fourth-order valence-corrected chi connectivity index (χ4v) is 6.30. The Hall–Kier alpha value is -3.70. The van der Waals surface area contributed by atoms with Gasteiger partial charge in [0.2, 0.25) is 0 Å². The molecule has 1 amide bonds. The van der Waals surface area contributed by atoms with Gasteiger partial charge in [0, 0.05) is 22.6 Å². The number of thiazole rings is 1. The van der Waals surface area contributed by atoms with Crippen LogP contribution < -0.4 is 29.3 Å². The Labute approximate surface area is 230 Å². The highest BCUT2D eigenvalue weighted by Gasteiger charge is 2.37. The van der Waals surface area contributed by atoms with Crippen molar-refractivity contribution < 1.29 is 23.8 Å². The van der Waals surface area contributed by atoms with Gasteiger partial charge in [-0.25, -0.2) is 9.79 Å². The van der Waals surface area contributed by atoms with E-state index in [0.717, 1.165) is 15.8 Å². The van der Waals surface area contributed by atoms with Crippen LogP contribution in [-0.2, 0) is 14.3 Å². The van der Waals surface area contributed by atoms with Crippen LogP contribution in [0.5, 0.6) is 11.5 Å². The van der Waals surface area contributed by atoms with Crippen molar-refractivity contribution in [2.75, 3.05) is 32.8 Å². The van der Waals surface area contributed by atoms with Gasteiger partial charge in [-0.2, -0.15) is 0 Å². The lowest BCUT2D eigenvalue weighted by Gasteiger charge is -2.26. The monoisotopic (exact) mass is 597 g/mol. The highest BCUT2D eigenvalue weighted by molar-refractivity contribution is 9.10. The van der Waals surface area contributed by atoms with Crippen LogP contribution in [0.2, 0.25) is 0 Å². The van der Waals surface area contributed by atoms with E-state index in [1.807, 2.05) is 18.2 Å². The molecule has 0 bridgehead atoms. The smallest absolute Gasteiger partial charge is 0.338 e. The standard InChI is InChI=1S/C27H24BrN3O6S/c1-6-37-26(34)20-13(2)29-27-31(22(20)17-12-15(35-4)8-10-19(17)36-5)25(33)23(38-27)21-16-11-14(28)7-9-18(16)30(3)24(21)32/h7-12,22H,6H2,1-5H3/b23-21-/t22-/m1/s1. The fraction of sp³-hybridized carbons (Fsp3) is 0.259. The lowest BCUT2D eigenvalue weighted by Crippen LogP contribution is -2.41. The van der Waals surface area contributed by atoms with Gasteiger partial charge < -0.3 is 19.1 Å². The first-order valence-corrected chi connectivity index (χ1v) is 13.3. The van der Waals surface area contributed by atoms with Gasteiger partial charge in [0.15, 0.2) is 4.80 Å². The zero-order chi connectivity index (χ0) is 27.3. The van der Waals surface area contributed by atoms with Crippen LogP contribution in [0.25, 0.3) is 5.57 Å². The number of likely N-dealkylation sites (N-methyl/N-ethyl adjacent to an activating group) is 1. The zero-order valence-corrected chi connectivity index (χ0v) is 23.7. The first-order valence-electron chi connectivity index (χ1n) is 11.7. The van der Waals surface area contributed by atoms with Crippen molar-refractivity contribution in [3.63, 3.8) is 0 Å². The third kappa shape index (κ3) is 3.97. The van der Waals surface area contributed by atoms with Gasteiger partial charge in [-0.3, -0.25) is 14.2 Å². The van der Waals surface area contributed by atoms with Crippen molar-refractivity contribution in [3.05, 3.63) is 83.0 Å². The first kappa shape index (κ1) is 25.9. The predicted molar refractivity (Wildman–Crippen MR) is 146 cm³/mol. The van der Waals surface area contributed by atoms with Gasteiger partial charge in [0.1, 0.15) is 22.1 Å². The topological polar surface area (TPSA) is 99.4 Å². The number of halogens is 1. The Bertz CT molecular complexity index is 1720. The van der Waals surface area contributed by atoms with Gasteiger partial charge in [-0.1, -0.05) is 27.3 Å². The van der Waals surface area contributed by atoms with Gasteiger partial charge in [0.25, 0.3) is 11.5 Å². The average Bonchev–Trinajstić information content (AvgIpc) is 3.34. The van der Waals surface area contributed by atoms with E-state index in [-0.39, 0.29) is 22.6 Å². The maximum Gasteiger partial charge on any atom is 0.338 e.